The molecule has 0 atom stereocenters. The lowest BCUT2D eigenvalue weighted by atomic mass is 10.00. The molecule has 0 aliphatic heterocycles. The van der Waals surface area contributed by atoms with E-state index in [0.29, 0.717) is 0 Å². The van der Waals surface area contributed by atoms with Crippen LogP contribution < -0.4 is 28.5 Å². The summed E-state index contributed by atoms with van der Waals surface area (Å²) in [6, 6.07) is 17.0. The van der Waals surface area contributed by atoms with E-state index in [1.165, 1.54) is 27.1 Å². The zero-order chi connectivity index (χ0) is 12.8. The van der Waals surface area contributed by atoms with Gasteiger partial charge in [-0.2, -0.15) is 4.57 Å². The minimum Gasteiger partial charge on any atom is -1.00 e. The predicted octanol–water partition coefficient (Wildman–Crippen LogP) is 0.370. The second-order valence-electron chi connectivity index (χ2n) is 4.83. The summed E-state index contributed by atoms with van der Waals surface area (Å²) in [5, 5.41) is 5.03. The van der Waals surface area contributed by atoms with Crippen LogP contribution in [0, 0.1) is 0 Å². The van der Waals surface area contributed by atoms with Crippen molar-refractivity contribution in [3.63, 3.8) is 0 Å². The Morgan fingerprint density at radius 1 is 0.800 bits per heavy atom. The van der Waals surface area contributed by atoms with Gasteiger partial charge in [-0.25, -0.2) is 4.98 Å². The molecule has 2 nitrogen and oxygen atoms in total. The van der Waals surface area contributed by atoms with Crippen molar-refractivity contribution < 1.29 is 28.5 Å². The van der Waals surface area contributed by atoms with E-state index in [-0.39, 0.29) is 24.0 Å². The highest BCUT2D eigenvalue weighted by molar-refractivity contribution is 6.21. The Morgan fingerprint density at radius 3 is 2.25 bits per heavy atom. The number of benzene rings is 2. The van der Waals surface area contributed by atoms with E-state index in [1.807, 2.05) is 12.3 Å². The number of aryl methyl sites for hydroxylation is 1. The molecule has 0 saturated heterocycles. The molecule has 0 spiro atoms. The first-order chi connectivity index (χ1) is 9.36. The lowest BCUT2D eigenvalue weighted by Gasteiger charge is -2.06. The molecule has 3 heteroatoms. The van der Waals surface area contributed by atoms with E-state index in [2.05, 4.69) is 65.3 Å². The second kappa shape index (κ2) is 4.98. The fourth-order valence-electron chi connectivity index (χ4n) is 2.89. The van der Waals surface area contributed by atoms with Gasteiger partial charge < -0.3 is 24.0 Å². The molecule has 20 heavy (non-hydrogen) atoms. The molecule has 0 N–H and O–H groups in total. The molecule has 2 aromatic heterocycles. The molecule has 2 aromatic carbocycles. The van der Waals surface area contributed by atoms with Gasteiger partial charge >= 0.3 is 0 Å². The van der Waals surface area contributed by atoms with Crippen molar-refractivity contribution in [2.75, 3.05) is 0 Å². The van der Waals surface area contributed by atoms with E-state index in [0.717, 1.165) is 5.52 Å². The minimum absolute atomic E-state index is 0. The lowest BCUT2D eigenvalue weighted by molar-refractivity contribution is -0.644. The maximum Gasteiger partial charge on any atom is 0.239 e. The Morgan fingerprint density at radius 2 is 1.45 bits per heavy atom. The molecular weight excluding hydrogens is 359 g/mol. The summed E-state index contributed by atoms with van der Waals surface area (Å²) in [5.41, 5.74) is 2.26. The van der Waals surface area contributed by atoms with Crippen LogP contribution in [-0.2, 0) is 7.05 Å². The van der Waals surface area contributed by atoms with Crippen LogP contribution in [0.15, 0.2) is 60.9 Å². The summed E-state index contributed by atoms with van der Waals surface area (Å²) in [7, 11) is 2.07. The van der Waals surface area contributed by atoms with Crippen LogP contribution in [0.5, 0.6) is 0 Å². The van der Waals surface area contributed by atoms with Gasteiger partial charge in [0.1, 0.15) is 12.6 Å². The van der Waals surface area contributed by atoms with Crippen LogP contribution in [0.3, 0.4) is 0 Å². The van der Waals surface area contributed by atoms with Crippen molar-refractivity contribution in [1.82, 2.24) is 4.98 Å². The van der Waals surface area contributed by atoms with Gasteiger partial charge in [0.25, 0.3) is 0 Å². The largest absolute Gasteiger partial charge is 1.00 e. The van der Waals surface area contributed by atoms with Crippen LogP contribution in [0.1, 0.15) is 0 Å². The molecule has 0 bridgehead atoms. The lowest BCUT2D eigenvalue weighted by Crippen LogP contribution is -3.00. The summed E-state index contributed by atoms with van der Waals surface area (Å²) < 4.78 is 2.15. The molecule has 0 unspecified atom stereocenters. The fraction of sp³-hybridized carbons (Fsp3) is 0.0588. The van der Waals surface area contributed by atoms with E-state index in [1.54, 1.807) is 0 Å². The van der Waals surface area contributed by atoms with Gasteiger partial charge in [-0.15, -0.1) is 0 Å². The first-order valence-corrected chi connectivity index (χ1v) is 6.40. The first-order valence-electron chi connectivity index (χ1n) is 6.40. The van der Waals surface area contributed by atoms with Crippen molar-refractivity contribution in [2.24, 2.45) is 7.05 Å². The number of rotatable bonds is 0. The van der Waals surface area contributed by atoms with Gasteiger partial charge in [-0.3, -0.25) is 0 Å². The minimum atomic E-state index is 0. The summed E-state index contributed by atoms with van der Waals surface area (Å²) in [5.74, 6) is 0. The topological polar surface area (TPSA) is 16.8 Å². The molecule has 0 radical (unpaired) electrons. The van der Waals surface area contributed by atoms with Crippen LogP contribution >= 0.6 is 0 Å². The average Bonchev–Trinajstić information content (AvgIpc) is 2.47. The molecule has 0 aliphatic carbocycles. The van der Waals surface area contributed by atoms with Gasteiger partial charge in [-0.05, 0) is 22.9 Å². The molecule has 0 amide bonds. The van der Waals surface area contributed by atoms with Crippen molar-refractivity contribution in [2.45, 2.75) is 0 Å². The Kier molecular flexibility index (Phi) is 3.30. The Labute approximate surface area is 134 Å². The molecule has 4 rings (SSSR count). The molecule has 0 aliphatic rings. The number of fused-ring (bicyclic) bond motifs is 6. The molecule has 4 aromatic rings. The zero-order valence-electron chi connectivity index (χ0n) is 11.0. The Bertz CT molecular complexity index is 887. The standard InChI is InChI=1S/C17H13N2.HI/c1-19-11-5-9-15-13-7-3-2-6-12(13)14-8-4-10-18-16(14)17(15)19;/h2-11H,1H3;1H/q+1;/p-1. The summed E-state index contributed by atoms with van der Waals surface area (Å²) in [4.78, 5) is 4.60. The van der Waals surface area contributed by atoms with Gasteiger partial charge in [0.05, 0.1) is 5.39 Å². The van der Waals surface area contributed by atoms with E-state index in [9.17, 15) is 0 Å². The van der Waals surface area contributed by atoms with Crippen LogP contribution in [-0.4, -0.2) is 4.98 Å². The molecule has 0 fully saturated rings. The third-order valence-electron chi connectivity index (χ3n) is 3.72. The van der Waals surface area contributed by atoms with E-state index >= 15 is 0 Å². The third-order valence-corrected chi connectivity index (χ3v) is 3.72. The Hall–Kier alpha value is -1.75. The molecule has 98 valence electrons. The summed E-state index contributed by atoms with van der Waals surface area (Å²) in [6.45, 7) is 0. The number of halogens is 1. The summed E-state index contributed by atoms with van der Waals surface area (Å²) in [6.07, 6.45) is 3.94. The van der Waals surface area contributed by atoms with Gasteiger partial charge in [-0.1, -0.05) is 30.3 Å². The number of hydrogen-bond acceptors (Lipinski definition) is 1. The number of aromatic nitrogens is 2. The quantitative estimate of drug-likeness (QED) is 0.248. The van der Waals surface area contributed by atoms with Gasteiger partial charge in [0.15, 0.2) is 6.20 Å². The second-order valence-corrected chi connectivity index (χ2v) is 4.83. The smallest absolute Gasteiger partial charge is 0.239 e. The fourth-order valence-corrected chi connectivity index (χ4v) is 2.89. The van der Waals surface area contributed by atoms with Gasteiger partial charge in [0.2, 0.25) is 5.52 Å². The number of pyridine rings is 2. The molecule has 2 heterocycles. The van der Waals surface area contributed by atoms with Crippen molar-refractivity contribution in [3.8, 4) is 0 Å². The van der Waals surface area contributed by atoms with Crippen LogP contribution in [0.25, 0.3) is 32.6 Å². The van der Waals surface area contributed by atoms with E-state index < -0.39 is 0 Å². The predicted molar refractivity (Wildman–Crippen MR) is 77.9 cm³/mol. The highest BCUT2D eigenvalue weighted by Crippen LogP contribution is 2.31. The van der Waals surface area contributed by atoms with Crippen molar-refractivity contribution in [3.05, 3.63) is 60.9 Å². The maximum atomic E-state index is 4.60. The molecule has 0 saturated carbocycles. The van der Waals surface area contributed by atoms with Crippen molar-refractivity contribution in [1.29, 1.82) is 0 Å². The van der Waals surface area contributed by atoms with Gasteiger partial charge in [0, 0.05) is 17.6 Å². The normalized spacial score (nSPS) is 10.8. The number of hydrogen-bond donors (Lipinski definition) is 0. The molecular formula is C17H13IN2. The SMILES string of the molecule is C[n+]1cccc2c3ccccc3c3cccnc3c21.[I-]. The summed E-state index contributed by atoms with van der Waals surface area (Å²) >= 11 is 0. The van der Waals surface area contributed by atoms with Crippen LogP contribution in [0.2, 0.25) is 0 Å². The highest BCUT2D eigenvalue weighted by Gasteiger charge is 2.15. The van der Waals surface area contributed by atoms with E-state index in [4.69, 9.17) is 0 Å². The highest BCUT2D eigenvalue weighted by atomic mass is 127. The van der Waals surface area contributed by atoms with Crippen LogP contribution in [0.4, 0.5) is 0 Å². The first kappa shape index (κ1) is 13.2. The zero-order valence-corrected chi connectivity index (χ0v) is 13.2. The number of nitrogens with zero attached hydrogens (tertiary/aromatic N) is 2. The third kappa shape index (κ3) is 1.77. The maximum absolute atomic E-state index is 4.60. The van der Waals surface area contributed by atoms with Crippen molar-refractivity contribution >= 4 is 32.6 Å². The average molecular weight is 372 g/mol. The Balaban J connectivity index is 0.00000121. The monoisotopic (exact) mass is 372 g/mol.